The molecule has 1 atom stereocenters. The predicted octanol–water partition coefficient (Wildman–Crippen LogP) is 1.80. The summed E-state index contributed by atoms with van der Waals surface area (Å²) in [7, 11) is 0. The number of fused-ring (bicyclic) bond motifs is 1. The van der Waals surface area contributed by atoms with Crippen molar-refractivity contribution in [3.63, 3.8) is 0 Å². The number of anilines is 1. The molecular weight excluding hydrogens is 289 g/mol. The van der Waals surface area contributed by atoms with Crippen LogP contribution in [-0.2, 0) is 11.0 Å². The van der Waals surface area contributed by atoms with Crippen molar-refractivity contribution in [2.45, 2.75) is 25.1 Å². The van der Waals surface area contributed by atoms with Crippen LogP contribution in [0.4, 0.5) is 19.0 Å². The van der Waals surface area contributed by atoms with E-state index >= 15 is 0 Å². The Bertz CT molecular complexity index is 697. The minimum absolute atomic E-state index is 0.151. The molecule has 0 aromatic carbocycles. The second-order valence-electron chi connectivity index (χ2n) is 4.80. The Balaban J connectivity index is 2.10. The first-order valence-electron chi connectivity index (χ1n) is 6.29. The lowest BCUT2D eigenvalue weighted by Crippen LogP contribution is -2.36. The monoisotopic (exact) mass is 300 g/mol. The van der Waals surface area contributed by atoms with Crippen molar-refractivity contribution in [1.29, 1.82) is 0 Å². The van der Waals surface area contributed by atoms with Gasteiger partial charge in [0.05, 0.1) is 0 Å². The van der Waals surface area contributed by atoms with Crippen molar-refractivity contribution in [3.8, 4) is 0 Å². The van der Waals surface area contributed by atoms with Crippen LogP contribution in [0.2, 0.25) is 0 Å². The first kappa shape index (κ1) is 13.7. The van der Waals surface area contributed by atoms with Crippen LogP contribution in [0.1, 0.15) is 18.5 Å². The van der Waals surface area contributed by atoms with Crippen LogP contribution in [0, 0.1) is 0 Å². The number of aromatic nitrogens is 3. The Labute approximate surface area is 116 Å². The molecule has 1 N–H and O–H groups in total. The molecule has 1 aliphatic heterocycles. The zero-order chi connectivity index (χ0) is 15.2. The number of hydrogen-bond acceptors (Lipinski definition) is 4. The predicted molar refractivity (Wildman–Crippen MR) is 66.0 cm³/mol. The summed E-state index contributed by atoms with van der Waals surface area (Å²) in [5.41, 5.74) is -0.874. The summed E-state index contributed by atoms with van der Waals surface area (Å²) in [6, 6.07) is 0.118. The van der Waals surface area contributed by atoms with Crippen molar-refractivity contribution >= 4 is 17.3 Å². The Morgan fingerprint density at radius 2 is 2.19 bits per heavy atom. The van der Waals surface area contributed by atoms with Gasteiger partial charge in [0.25, 0.3) is 0 Å². The molecular formula is C12H11F3N4O2. The zero-order valence-electron chi connectivity index (χ0n) is 10.7. The fraction of sp³-hybridized carbons (Fsp3) is 0.417. The maximum Gasteiger partial charge on any atom is 0.435 e. The number of rotatable bonds is 2. The molecule has 2 aromatic heterocycles. The van der Waals surface area contributed by atoms with E-state index in [1.807, 2.05) is 0 Å². The van der Waals surface area contributed by atoms with Gasteiger partial charge in [-0.05, 0) is 12.8 Å². The standard InChI is InChI=1S/C12H11F3N4O2/c13-12(14,15)9-6-8-10(16-3-5-19(8)17-9)18-4-1-2-7(18)11(20)21/h3,5-7H,1-2,4H2,(H,20,21). The molecule has 3 heterocycles. The van der Waals surface area contributed by atoms with E-state index in [1.54, 1.807) is 0 Å². The average molecular weight is 300 g/mol. The van der Waals surface area contributed by atoms with Crippen molar-refractivity contribution < 1.29 is 23.1 Å². The summed E-state index contributed by atoms with van der Waals surface area (Å²) in [6.45, 7) is 0.441. The molecule has 0 amide bonds. The van der Waals surface area contributed by atoms with Crippen molar-refractivity contribution in [2.24, 2.45) is 0 Å². The lowest BCUT2D eigenvalue weighted by atomic mass is 10.2. The minimum Gasteiger partial charge on any atom is -0.480 e. The van der Waals surface area contributed by atoms with Crippen LogP contribution < -0.4 is 4.90 Å². The smallest absolute Gasteiger partial charge is 0.435 e. The highest BCUT2D eigenvalue weighted by molar-refractivity contribution is 5.81. The van der Waals surface area contributed by atoms with Gasteiger partial charge in [0.2, 0.25) is 0 Å². The number of carboxylic acids is 1. The molecule has 112 valence electrons. The van der Waals surface area contributed by atoms with Crippen LogP contribution in [0.25, 0.3) is 5.52 Å². The van der Waals surface area contributed by atoms with Crippen LogP contribution in [-0.4, -0.2) is 38.3 Å². The Morgan fingerprint density at radius 1 is 1.43 bits per heavy atom. The van der Waals surface area contributed by atoms with Crippen LogP contribution in [0.15, 0.2) is 18.5 Å². The summed E-state index contributed by atoms with van der Waals surface area (Å²) in [4.78, 5) is 16.8. The summed E-state index contributed by atoms with van der Waals surface area (Å²) in [6.07, 6.45) is -0.842. The number of hydrogen-bond donors (Lipinski definition) is 1. The van der Waals surface area contributed by atoms with Gasteiger partial charge in [0.1, 0.15) is 11.6 Å². The number of carboxylic acid groups (broad SMARTS) is 1. The van der Waals surface area contributed by atoms with Crippen molar-refractivity contribution in [1.82, 2.24) is 14.6 Å². The van der Waals surface area contributed by atoms with Gasteiger partial charge in [-0.15, -0.1) is 0 Å². The summed E-state index contributed by atoms with van der Waals surface area (Å²) < 4.78 is 39.3. The number of alkyl halides is 3. The Kier molecular flexibility index (Phi) is 2.99. The molecule has 0 radical (unpaired) electrons. The summed E-state index contributed by atoms with van der Waals surface area (Å²) in [5.74, 6) is -0.794. The van der Waals surface area contributed by atoms with Crippen molar-refractivity contribution in [3.05, 3.63) is 24.2 Å². The number of aliphatic carboxylic acids is 1. The highest BCUT2D eigenvalue weighted by Gasteiger charge is 2.36. The normalized spacial score (nSPS) is 19.4. The maximum absolute atomic E-state index is 12.7. The lowest BCUT2D eigenvalue weighted by molar-refractivity contribution is -0.141. The van der Waals surface area contributed by atoms with Crippen LogP contribution in [0.3, 0.4) is 0 Å². The Hall–Kier alpha value is -2.32. The quantitative estimate of drug-likeness (QED) is 0.915. The second kappa shape index (κ2) is 4.61. The number of carbonyl (C=O) groups is 1. The van der Waals surface area contributed by atoms with Crippen LogP contribution >= 0.6 is 0 Å². The minimum atomic E-state index is -4.56. The number of halogens is 3. The van der Waals surface area contributed by atoms with E-state index in [2.05, 4.69) is 10.1 Å². The largest absolute Gasteiger partial charge is 0.480 e. The highest BCUT2D eigenvalue weighted by atomic mass is 19.4. The topological polar surface area (TPSA) is 70.7 Å². The molecule has 2 aromatic rings. The van der Waals surface area contributed by atoms with E-state index in [0.29, 0.717) is 19.4 Å². The Morgan fingerprint density at radius 3 is 2.86 bits per heavy atom. The first-order valence-corrected chi connectivity index (χ1v) is 6.29. The first-order chi connectivity index (χ1) is 9.88. The molecule has 21 heavy (non-hydrogen) atoms. The third-order valence-corrected chi connectivity index (χ3v) is 3.47. The molecule has 3 rings (SSSR count). The molecule has 0 spiro atoms. The summed E-state index contributed by atoms with van der Waals surface area (Å²) >= 11 is 0. The SMILES string of the molecule is O=C(O)C1CCCN1c1nccn2nc(C(F)(F)F)cc12. The van der Waals surface area contributed by atoms with E-state index < -0.39 is 23.9 Å². The molecule has 1 aliphatic rings. The van der Waals surface area contributed by atoms with Gasteiger partial charge >= 0.3 is 12.1 Å². The molecule has 0 aliphatic carbocycles. The third kappa shape index (κ3) is 2.28. The van der Waals surface area contributed by atoms with Gasteiger partial charge in [-0.2, -0.15) is 18.3 Å². The van der Waals surface area contributed by atoms with Gasteiger partial charge < -0.3 is 10.0 Å². The van der Waals surface area contributed by atoms with Gasteiger partial charge in [-0.1, -0.05) is 0 Å². The fourth-order valence-electron chi connectivity index (χ4n) is 2.55. The molecule has 1 saturated heterocycles. The molecule has 9 heteroatoms. The second-order valence-corrected chi connectivity index (χ2v) is 4.80. The highest BCUT2D eigenvalue weighted by Crippen LogP contribution is 2.32. The van der Waals surface area contributed by atoms with Gasteiger partial charge in [0.15, 0.2) is 11.5 Å². The third-order valence-electron chi connectivity index (χ3n) is 3.47. The van der Waals surface area contributed by atoms with E-state index in [0.717, 1.165) is 10.6 Å². The van der Waals surface area contributed by atoms with E-state index in [9.17, 15) is 23.1 Å². The molecule has 0 saturated carbocycles. The molecule has 1 unspecified atom stereocenters. The van der Waals surface area contributed by atoms with Gasteiger partial charge in [-0.25, -0.2) is 14.3 Å². The zero-order valence-corrected chi connectivity index (χ0v) is 10.7. The molecule has 6 nitrogen and oxygen atoms in total. The summed E-state index contributed by atoms with van der Waals surface area (Å²) in [5, 5.41) is 12.6. The maximum atomic E-state index is 12.7. The molecule has 0 bridgehead atoms. The average Bonchev–Trinajstić information content (AvgIpc) is 3.04. The number of nitrogens with zero attached hydrogens (tertiary/aromatic N) is 4. The van der Waals surface area contributed by atoms with Crippen molar-refractivity contribution in [2.75, 3.05) is 11.4 Å². The molecule has 1 fully saturated rings. The van der Waals surface area contributed by atoms with Gasteiger partial charge in [-0.3, -0.25) is 0 Å². The fourth-order valence-corrected chi connectivity index (χ4v) is 2.55. The lowest BCUT2D eigenvalue weighted by Gasteiger charge is -2.22. The van der Waals surface area contributed by atoms with E-state index in [4.69, 9.17) is 0 Å². The van der Waals surface area contributed by atoms with E-state index in [-0.39, 0.29) is 11.3 Å². The van der Waals surface area contributed by atoms with E-state index in [1.165, 1.54) is 17.3 Å². The van der Waals surface area contributed by atoms with Gasteiger partial charge in [0, 0.05) is 25.0 Å². The van der Waals surface area contributed by atoms with Crippen LogP contribution in [0.5, 0.6) is 0 Å².